The molecule has 2 rings (SSSR count). The van der Waals surface area contributed by atoms with Gasteiger partial charge in [0.25, 0.3) is 0 Å². The highest BCUT2D eigenvalue weighted by atomic mass is 16.4. The zero-order valence-corrected chi connectivity index (χ0v) is 9.71. The predicted octanol–water partition coefficient (Wildman–Crippen LogP) is 1.82. The molecule has 0 spiro atoms. The van der Waals surface area contributed by atoms with Crippen molar-refractivity contribution in [3.8, 4) is 0 Å². The second-order valence-corrected chi connectivity index (χ2v) is 3.52. The molecule has 0 unspecified atom stereocenters. The Labute approximate surface area is 105 Å². The van der Waals surface area contributed by atoms with Crippen LogP contribution in [0.15, 0.2) is 48.5 Å². The van der Waals surface area contributed by atoms with Crippen LogP contribution in [0, 0.1) is 0 Å². The Balaban J connectivity index is 0.000000184. The summed E-state index contributed by atoms with van der Waals surface area (Å²) in [5, 5.41) is 8.49. The molecule has 2 aromatic rings. The largest absolute Gasteiger partial charge is 0.478 e. The van der Waals surface area contributed by atoms with Gasteiger partial charge in [-0.25, -0.2) is 4.79 Å². The van der Waals surface area contributed by atoms with E-state index in [0.717, 1.165) is 0 Å². The number of aromatic carboxylic acids is 1. The number of hydrogen-bond donors (Lipinski definition) is 4. The number of carboxylic acids is 1. The molecule has 7 N–H and O–H groups in total. The number of carbonyl (C=O) groups is 1. The Kier molecular flexibility index (Phi) is 4.57. The van der Waals surface area contributed by atoms with Gasteiger partial charge in [0.1, 0.15) is 0 Å². The molecule has 0 aromatic heterocycles. The van der Waals surface area contributed by atoms with E-state index in [1.165, 1.54) is 6.07 Å². The summed E-state index contributed by atoms with van der Waals surface area (Å²) in [5.74, 6) is -0.988. The number of hydrogen-bond acceptors (Lipinski definition) is 4. The Morgan fingerprint density at radius 2 is 1.17 bits per heavy atom. The molecule has 5 nitrogen and oxygen atoms in total. The van der Waals surface area contributed by atoms with Crippen LogP contribution in [0.4, 0.5) is 17.1 Å². The summed E-state index contributed by atoms with van der Waals surface area (Å²) < 4.78 is 0. The van der Waals surface area contributed by atoms with E-state index >= 15 is 0 Å². The summed E-state index contributed by atoms with van der Waals surface area (Å²) >= 11 is 0. The molecule has 0 saturated carbocycles. The Bertz CT molecular complexity index is 520. The first-order chi connectivity index (χ1) is 8.52. The highest BCUT2D eigenvalue weighted by Crippen LogP contribution is 2.10. The maximum Gasteiger partial charge on any atom is 0.337 e. The summed E-state index contributed by atoms with van der Waals surface area (Å²) in [6, 6.07) is 13.6. The molecule has 94 valence electrons. The number of rotatable bonds is 1. The van der Waals surface area contributed by atoms with Crippen molar-refractivity contribution in [2.75, 3.05) is 17.2 Å². The molecular weight excluding hydrogens is 230 g/mol. The van der Waals surface area contributed by atoms with Crippen molar-refractivity contribution in [3.63, 3.8) is 0 Å². The second-order valence-electron chi connectivity index (χ2n) is 3.52. The summed E-state index contributed by atoms with van der Waals surface area (Å²) in [6.45, 7) is 0. The van der Waals surface area contributed by atoms with E-state index in [0.29, 0.717) is 17.1 Å². The van der Waals surface area contributed by atoms with E-state index in [4.69, 9.17) is 22.3 Å². The molecule has 0 aliphatic carbocycles. The van der Waals surface area contributed by atoms with Gasteiger partial charge < -0.3 is 22.3 Å². The highest BCUT2D eigenvalue weighted by molar-refractivity contribution is 5.93. The summed E-state index contributed by atoms with van der Waals surface area (Å²) in [6.07, 6.45) is 0. The van der Waals surface area contributed by atoms with Gasteiger partial charge in [0.2, 0.25) is 0 Å². The molecule has 0 fully saturated rings. The number of nitrogens with two attached hydrogens (primary N) is 3. The molecule has 18 heavy (non-hydrogen) atoms. The van der Waals surface area contributed by atoms with E-state index in [9.17, 15) is 4.79 Å². The monoisotopic (exact) mass is 245 g/mol. The third kappa shape index (κ3) is 3.71. The van der Waals surface area contributed by atoms with Gasteiger partial charge >= 0.3 is 5.97 Å². The average molecular weight is 245 g/mol. The lowest BCUT2D eigenvalue weighted by molar-refractivity contribution is 0.0698. The van der Waals surface area contributed by atoms with Crippen LogP contribution in [0.25, 0.3) is 0 Å². The van der Waals surface area contributed by atoms with Crippen LogP contribution < -0.4 is 17.2 Å². The molecular formula is C13H15N3O2. The molecule has 2 aromatic carbocycles. The second kappa shape index (κ2) is 6.15. The Morgan fingerprint density at radius 1 is 0.778 bits per heavy atom. The minimum absolute atomic E-state index is 0.155. The molecule has 0 heterocycles. The summed E-state index contributed by atoms with van der Waals surface area (Å²) in [7, 11) is 0. The van der Waals surface area contributed by atoms with Crippen molar-refractivity contribution < 1.29 is 9.90 Å². The van der Waals surface area contributed by atoms with Crippen molar-refractivity contribution >= 4 is 23.0 Å². The summed E-state index contributed by atoms with van der Waals surface area (Å²) in [4.78, 5) is 10.3. The quantitative estimate of drug-likeness (QED) is 0.572. The van der Waals surface area contributed by atoms with Gasteiger partial charge in [-0.2, -0.15) is 0 Å². The first-order valence-electron chi connectivity index (χ1n) is 5.20. The maximum atomic E-state index is 10.3. The number of carboxylic acid groups (broad SMARTS) is 1. The van der Waals surface area contributed by atoms with Crippen molar-refractivity contribution in [1.29, 1.82) is 0 Å². The van der Waals surface area contributed by atoms with E-state index in [2.05, 4.69) is 0 Å². The fourth-order valence-electron chi connectivity index (χ4n) is 1.20. The SMILES string of the molecule is Nc1ccccc1C(=O)O.Nc1ccccc1N. The van der Waals surface area contributed by atoms with E-state index in [1.54, 1.807) is 30.3 Å². The van der Waals surface area contributed by atoms with Crippen LogP contribution >= 0.6 is 0 Å². The molecule has 0 amide bonds. The van der Waals surface area contributed by atoms with Gasteiger partial charge in [-0.05, 0) is 24.3 Å². The van der Waals surface area contributed by atoms with Crippen LogP contribution in [0.1, 0.15) is 10.4 Å². The Morgan fingerprint density at radius 3 is 1.44 bits per heavy atom. The van der Waals surface area contributed by atoms with Gasteiger partial charge in [-0.15, -0.1) is 0 Å². The van der Waals surface area contributed by atoms with Crippen molar-refractivity contribution in [1.82, 2.24) is 0 Å². The van der Waals surface area contributed by atoms with Crippen LogP contribution in [0.3, 0.4) is 0 Å². The van der Waals surface area contributed by atoms with Gasteiger partial charge in [-0.1, -0.05) is 24.3 Å². The molecule has 0 bridgehead atoms. The van der Waals surface area contributed by atoms with Crippen LogP contribution in [0.2, 0.25) is 0 Å². The lowest BCUT2D eigenvalue weighted by Gasteiger charge is -1.96. The number of anilines is 3. The van der Waals surface area contributed by atoms with Crippen LogP contribution in [0.5, 0.6) is 0 Å². The number of para-hydroxylation sites is 3. The van der Waals surface area contributed by atoms with Crippen LogP contribution in [-0.2, 0) is 0 Å². The lowest BCUT2D eigenvalue weighted by atomic mass is 10.2. The zero-order chi connectivity index (χ0) is 13.5. The standard InChI is InChI=1S/C7H7NO2.C6H8N2/c8-6-4-2-1-3-5(6)7(9)10;7-5-3-1-2-4-6(5)8/h1-4H,8H2,(H,9,10);1-4H,7-8H2. The number of benzene rings is 2. The van der Waals surface area contributed by atoms with Gasteiger partial charge in [0.05, 0.1) is 16.9 Å². The molecule has 0 aliphatic rings. The third-order valence-corrected chi connectivity index (χ3v) is 2.19. The number of nitrogen functional groups attached to an aromatic ring is 3. The fraction of sp³-hybridized carbons (Fsp3) is 0. The molecule has 0 atom stereocenters. The molecule has 0 saturated heterocycles. The molecule has 0 radical (unpaired) electrons. The topological polar surface area (TPSA) is 115 Å². The van der Waals surface area contributed by atoms with E-state index < -0.39 is 5.97 Å². The van der Waals surface area contributed by atoms with E-state index in [1.807, 2.05) is 12.1 Å². The first-order valence-corrected chi connectivity index (χ1v) is 5.20. The van der Waals surface area contributed by atoms with Gasteiger partial charge in [-0.3, -0.25) is 0 Å². The fourth-order valence-corrected chi connectivity index (χ4v) is 1.20. The predicted molar refractivity (Wildman–Crippen MR) is 73.1 cm³/mol. The van der Waals surface area contributed by atoms with Crippen molar-refractivity contribution in [2.24, 2.45) is 0 Å². The highest BCUT2D eigenvalue weighted by Gasteiger charge is 2.03. The zero-order valence-electron chi connectivity index (χ0n) is 9.71. The van der Waals surface area contributed by atoms with Crippen molar-refractivity contribution in [2.45, 2.75) is 0 Å². The normalized spacial score (nSPS) is 9.11. The smallest absolute Gasteiger partial charge is 0.337 e. The lowest BCUT2D eigenvalue weighted by Crippen LogP contribution is -2.00. The average Bonchev–Trinajstić information content (AvgIpc) is 2.34. The molecule has 5 heteroatoms. The Hall–Kier alpha value is -2.69. The van der Waals surface area contributed by atoms with Gasteiger partial charge in [0, 0.05) is 5.69 Å². The third-order valence-electron chi connectivity index (χ3n) is 2.19. The maximum absolute atomic E-state index is 10.3. The van der Waals surface area contributed by atoms with Gasteiger partial charge in [0.15, 0.2) is 0 Å². The van der Waals surface area contributed by atoms with Crippen LogP contribution in [-0.4, -0.2) is 11.1 Å². The van der Waals surface area contributed by atoms with E-state index in [-0.39, 0.29) is 5.56 Å². The van der Waals surface area contributed by atoms with Crippen molar-refractivity contribution in [3.05, 3.63) is 54.1 Å². The minimum Gasteiger partial charge on any atom is -0.478 e. The first kappa shape index (κ1) is 13.4. The molecule has 0 aliphatic heterocycles. The minimum atomic E-state index is -0.988. The summed E-state index contributed by atoms with van der Waals surface area (Å²) in [5.41, 5.74) is 17.9.